The number of aromatic nitrogens is 3. The Hall–Kier alpha value is -1.97. The van der Waals surface area contributed by atoms with Gasteiger partial charge in [-0.3, -0.25) is 4.79 Å². The topological polar surface area (TPSA) is 47.8 Å². The van der Waals surface area contributed by atoms with Crippen molar-refractivity contribution in [3.05, 3.63) is 42.2 Å². The fourth-order valence-electron chi connectivity index (χ4n) is 1.51. The lowest BCUT2D eigenvalue weighted by molar-refractivity contribution is 0.0939. The van der Waals surface area contributed by atoms with Crippen LogP contribution < -0.4 is 0 Å². The van der Waals surface area contributed by atoms with Crippen LogP contribution in [-0.4, -0.2) is 20.8 Å². The fraction of sp³-hybridized carbons (Fsp3) is 0.250. The van der Waals surface area contributed by atoms with Crippen LogP contribution in [0.5, 0.6) is 0 Å². The molecule has 0 aliphatic rings. The molecule has 0 amide bonds. The summed E-state index contributed by atoms with van der Waals surface area (Å²) in [5.41, 5.74) is 1.39. The first-order valence-electron chi connectivity index (χ1n) is 5.20. The maximum Gasteiger partial charge on any atom is 0.167 e. The molecule has 0 unspecified atom stereocenters. The first kappa shape index (κ1) is 10.5. The van der Waals surface area contributed by atoms with Crippen LogP contribution in [0, 0.1) is 5.92 Å². The number of para-hydroxylation sites is 1. The number of Topliss-reactive ketones (excluding diaryl/α,β-unsaturated/α-hetero) is 1. The van der Waals surface area contributed by atoms with Crippen LogP contribution in [0.15, 0.2) is 36.7 Å². The first-order valence-corrected chi connectivity index (χ1v) is 5.20. The number of hydrogen-bond donors (Lipinski definition) is 0. The average Bonchev–Trinajstić information content (AvgIpc) is 2.81. The van der Waals surface area contributed by atoms with Crippen molar-refractivity contribution in [2.45, 2.75) is 13.8 Å². The Labute approximate surface area is 93.9 Å². The number of benzene rings is 1. The van der Waals surface area contributed by atoms with E-state index in [0.29, 0.717) is 5.56 Å². The molecule has 0 aliphatic heterocycles. The van der Waals surface area contributed by atoms with Crippen LogP contribution in [-0.2, 0) is 0 Å². The van der Waals surface area contributed by atoms with Crippen LogP contribution in [0.2, 0.25) is 0 Å². The first-order chi connectivity index (χ1) is 7.70. The van der Waals surface area contributed by atoms with Crippen molar-refractivity contribution >= 4 is 5.78 Å². The summed E-state index contributed by atoms with van der Waals surface area (Å²) in [5.74, 6) is 0.0737. The van der Waals surface area contributed by atoms with E-state index in [0.717, 1.165) is 5.69 Å². The van der Waals surface area contributed by atoms with Crippen molar-refractivity contribution in [3.63, 3.8) is 0 Å². The second kappa shape index (κ2) is 4.26. The molecule has 0 N–H and O–H groups in total. The molecule has 0 saturated carbocycles. The highest BCUT2D eigenvalue weighted by Gasteiger charge is 2.15. The molecule has 1 heterocycles. The second-order valence-corrected chi connectivity index (χ2v) is 3.85. The summed E-state index contributed by atoms with van der Waals surface area (Å²) in [7, 11) is 0. The zero-order valence-corrected chi connectivity index (χ0v) is 9.29. The van der Waals surface area contributed by atoms with Crippen LogP contribution in [0.3, 0.4) is 0 Å². The molecule has 0 bridgehead atoms. The van der Waals surface area contributed by atoms with Gasteiger partial charge in [0, 0.05) is 11.5 Å². The third-order valence-corrected chi connectivity index (χ3v) is 2.33. The molecule has 0 fully saturated rings. The summed E-state index contributed by atoms with van der Waals surface area (Å²) >= 11 is 0. The molecule has 0 spiro atoms. The Kier molecular flexibility index (Phi) is 2.81. The molecule has 2 rings (SSSR count). The van der Waals surface area contributed by atoms with Crippen molar-refractivity contribution in [3.8, 4) is 5.69 Å². The van der Waals surface area contributed by atoms with Crippen LogP contribution >= 0.6 is 0 Å². The number of rotatable bonds is 3. The lowest BCUT2D eigenvalue weighted by Gasteiger charge is -2.09. The zero-order chi connectivity index (χ0) is 11.5. The van der Waals surface area contributed by atoms with E-state index < -0.39 is 0 Å². The van der Waals surface area contributed by atoms with E-state index in [1.54, 1.807) is 18.5 Å². The Morgan fingerprint density at radius 3 is 2.44 bits per heavy atom. The smallest absolute Gasteiger partial charge is 0.167 e. The standard InChI is InChI=1S/C12H13N3O/c1-9(2)12(16)10-5-3-4-6-11(10)15-13-7-8-14-15/h3-9H,1-2H3. The molecule has 4 heteroatoms. The number of ketones is 1. The highest BCUT2D eigenvalue weighted by atomic mass is 16.1. The van der Waals surface area contributed by atoms with E-state index in [1.807, 2.05) is 32.0 Å². The Bertz CT molecular complexity index is 489. The minimum absolute atomic E-state index is 0.0308. The third kappa shape index (κ3) is 1.86. The number of nitrogens with zero attached hydrogens (tertiary/aromatic N) is 3. The molecule has 0 saturated heterocycles. The average molecular weight is 215 g/mol. The van der Waals surface area contributed by atoms with Gasteiger partial charge in [-0.05, 0) is 12.1 Å². The Balaban J connectivity index is 2.51. The van der Waals surface area contributed by atoms with Gasteiger partial charge >= 0.3 is 0 Å². The van der Waals surface area contributed by atoms with Crippen molar-refractivity contribution in [1.29, 1.82) is 0 Å². The normalized spacial score (nSPS) is 10.7. The highest BCUT2D eigenvalue weighted by molar-refractivity contribution is 6.00. The lowest BCUT2D eigenvalue weighted by Crippen LogP contribution is -2.12. The van der Waals surface area contributed by atoms with Gasteiger partial charge in [-0.1, -0.05) is 26.0 Å². The Morgan fingerprint density at radius 1 is 1.19 bits per heavy atom. The molecular formula is C12H13N3O. The van der Waals surface area contributed by atoms with Gasteiger partial charge in [-0.25, -0.2) is 0 Å². The van der Waals surface area contributed by atoms with Crippen LogP contribution in [0.25, 0.3) is 5.69 Å². The zero-order valence-electron chi connectivity index (χ0n) is 9.29. The molecule has 1 aromatic carbocycles. The van der Waals surface area contributed by atoms with Crippen molar-refractivity contribution in [1.82, 2.24) is 15.0 Å². The van der Waals surface area contributed by atoms with Crippen LogP contribution in [0.4, 0.5) is 0 Å². The summed E-state index contributed by atoms with van der Waals surface area (Å²) in [4.78, 5) is 13.5. The van der Waals surface area contributed by atoms with E-state index in [-0.39, 0.29) is 11.7 Å². The number of carbonyl (C=O) groups is 1. The quantitative estimate of drug-likeness (QED) is 0.737. The molecule has 0 aliphatic carbocycles. The van der Waals surface area contributed by atoms with Crippen molar-refractivity contribution in [2.24, 2.45) is 5.92 Å². The predicted octanol–water partition coefficient (Wildman–Crippen LogP) is 2.11. The van der Waals surface area contributed by atoms with E-state index >= 15 is 0 Å². The van der Waals surface area contributed by atoms with Gasteiger partial charge < -0.3 is 0 Å². The van der Waals surface area contributed by atoms with Gasteiger partial charge in [0.1, 0.15) is 0 Å². The summed E-state index contributed by atoms with van der Waals surface area (Å²) in [6, 6.07) is 7.37. The van der Waals surface area contributed by atoms with Gasteiger partial charge in [0.25, 0.3) is 0 Å². The van der Waals surface area contributed by atoms with Crippen molar-refractivity contribution < 1.29 is 4.79 Å². The summed E-state index contributed by atoms with van der Waals surface area (Å²) < 4.78 is 0. The maximum atomic E-state index is 12.0. The summed E-state index contributed by atoms with van der Waals surface area (Å²) in [6.45, 7) is 3.77. The molecule has 1 aromatic heterocycles. The fourth-order valence-corrected chi connectivity index (χ4v) is 1.51. The second-order valence-electron chi connectivity index (χ2n) is 3.85. The third-order valence-electron chi connectivity index (χ3n) is 2.33. The SMILES string of the molecule is CC(C)C(=O)c1ccccc1-n1nccn1. The van der Waals surface area contributed by atoms with Gasteiger partial charge in [0.2, 0.25) is 0 Å². The number of hydrogen-bond acceptors (Lipinski definition) is 3. The predicted molar refractivity (Wildman–Crippen MR) is 60.5 cm³/mol. The minimum atomic E-state index is -0.0308. The molecule has 0 atom stereocenters. The highest BCUT2D eigenvalue weighted by Crippen LogP contribution is 2.16. The van der Waals surface area contributed by atoms with E-state index in [1.165, 1.54) is 4.80 Å². The van der Waals surface area contributed by atoms with Gasteiger partial charge in [0.15, 0.2) is 5.78 Å². The monoisotopic (exact) mass is 215 g/mol. The summed E-state index contributed by atoms with van der Waals surface area (Å²) in [6.07, 6.45) is 3.19. The van der Waals surface area contributed by atoms with E-state index in [9.17, 15) is 4.79 Å². The lowest BCUT2D eigenvalue weighted by atomic mass is 10.00. The van der Waals surface area contributed by atoms with Gasteiger partial charge in [-0.2, -0.15) is 15.0 Å². The molecule has 82 valence electrons. The minimum Gasteiger partial charge on any atom is -0.294 e. The molecule has 4 nitrogen and oxygen atoms in total. The summed E-state index contributed by atoms with van der Waals surface area (Å²) in [5, 5.41) is 8.08. The van der Waals surface area contributed by atoms with Gasteiger partial charge in [0.05, 0.1) is 18.1 Å². The van der Waals surface area contributed by atoms with Crippen LogP contribution in [0.1, 0.15) is 24.2 Å². The molecule has 16 heavy (non-hydrogen) atoms. The maximum absolute atomic E-state index is 12.0. The van der Waals surface area contributed by atoms with E-state index in [4.69, 9.17) is 0 Å². The van der Waals surface area contributed by atoms with Crippen molar-refractivity contribution in [2.75, 3.05) is 0 Å². The molecule has 2 aromatic rings. The molecule has 0 radical (unpaired) electrons. The molecular weight excluding hydrogens is 202 g/mol. The van der Waals surface area contributed by atoms with E-state index in [2.05, 4.69) is 10.2 Å². The largest absolute Gasteiger partial charge is 0.294 e. The Morgan fingerprint density at radius 2 is 1.81 bits per heavy atom. The number of carbonyl (C=O) groups excluding carboxylic acids is 1. The van der Waals surface area contributed by atoms with Gasteiger partial charge in [-0.15, -0.1) is 0 Å².